The zero-order valence-electron chi connectivity index (χ0n) is 6.72. The third-order valence-corrected chi connectivity index (χ3v) is 2.34. The molecule has 2 aromatic rings. The SMILES string of the molecule is FCCn1nnc(-c2cccs2)n1. The van der Waals surface area contributed by atoms with Crippen LogP contribution in [0.3, 0.4) is 0 Å². The van der Waals surface area contributed by atoms with Gasteiger partial charge >= 0.3 is 0 Å². The summed E-state index contributed by atoms with van der Waals surface area (Å²) in [6.07, 6.45) is 0. The highest BCUT2D eigenvalue weighted by Gasteiger charge is 2.05. The van der Waals surface area contributed by atoms with Crippen LogP contribution in [0.4, 0.5) is 4.39 Å². The number of hydrogen-bond donors (Lipinski definition) is 0. The van der Waals surface area contributed by atoms with Gasteiger partial charge in [-0.3, -0.25) is 0 Å². The highest BCUT2D eigenvalue weighted by molar-refractivity contribution is 7.13. The molecule has 0 aliphatic carbocycles. The van der Waals surface area contributed by atoms with Crippen LogP contribution in [0.1, 0.15) is 0 Å². The maximum atomic E-state index is 11.9. The summed E-state index contributed by atoms with van der Waals surface area (Å²) in [4.78, 5) is 2.21. The summed E-state index contributed by atoms with van der Waals surface area (Å²) in [5.74, 6) is 0.559. The summed E-state index contributed by atoms with van der Waals surface area (Å²) >= 11 is 1.54. The monoisotopic (exact) mass is 198 g/mol. The Hall–Kier alpha value is -1.30. The lowest BCUT2D eigenvalue weighted by Gasteiger charge is -1.88. The van der Waals surface area contributed by atoms with E-state index in [-0.39, 0.29) is 6.54 Å². The minimum atomic E-state index is -0.472. The second kappa shape index (κ2) is 3.61. The van der Waals surface area contributed by atoms with Crippen molar-refractivity contribution in [1.29, 1.82) is 0 Å². The van der Waals surface area contributed by atoms with Crippen molar-refractivity contribution in [3.63, 3.8) is 0 Å². The third kappa shape index (κ3) is 1.72. The Balaban J connectivity index is 2.23. The fourth-order valence-electron chi connectivity index (χ4n) is 0.918. The standard InChI is InChI=1S/C7H7FN4S/c8-3-4-12-10-7(9-11-12)6-2-1-5-13-6/h1-2,5H,3-4H2. The Kier molecular flexibility index (Phi) is 2.31. The van der Waals surface area contributed by atoms with E-state index in [1.165, 1.54) is 16.1 Å². The van der Waals surface area contributed by atoms with Crippen molar-refractivity contribution in [2.45, 2.75) is 6.54 Å². The first-order chi connectivity index (χ1) is 6.40. The molecule has 0 aromatic carbocycles. The molecule has 2 aromatic heterocycles. The smallest absolute Gasteiger partial charge is 0.214 e. The second-order valence-corrected chi connectivity index (χ2v) is 3.32. The lowest BCUT2D eigenvalue weighted by molar-refractivity contribution is 0.397. The van der Waals surface area contributed by atoms with Crippen molar-refractivity contribution in [3.8, 4) is 10.7 Å². The zero-order valence-corrected chi connectivity index (χ0v) is 7.54. The zero-order chi connectivity index (χ0) is 9.10. The van der Waals surface area contributed by atoms with Crippen molar-refractivity contribution in [2.24, 2.45) is 0 Å². The topological polar surface area (TPSA) is 43.6 Å². The molecule has 0 saturated heterocycles. The Bertz CT molecular complexity index is 370. The van der Waals surface area contributed by atoms with E-state index < -0.39 is 6.67 Å². The molecular weight excluding hydrogens is 191 g/mol. The average Bonchev–Trinajstić information content (AvgIpc) is 2.70. The molecule has 0 amide bonds. The number of nitrogens with zero attached hydrogens (tertiary/aromatic N) is 4. The van der Waals surface area contributed by atoms with Gasteiger partial charge in [-0.05, 0) is 16.7 Å². The Morgan fingerprint density at radius 2 is 2.46 bits per heavy atom. The summed E-state index contributed by atoms with van der Waals surface area (Å²) in [6, 6.07) is 3.82. The molecule has 68 valence electrons. The van der Waals surface area contributed by atoms with E-state index in [1.807, 2.05) is 17.5 Å². The van der Waals surface area contributed by atoms with Gasteiger partial charge in [0, 0.05) is 0 Å². The van der Waals surface area contributed by atoms with Gasteiger partial charge in [0.15, 0.2) is 0 Å². The van der Waals surface area contributed by atoms with Crippen LogP contribution < -0.4 is 0 Å². The molecule has 0 atom stereocenters. The second-order valence-electron chi connectivity index (χ2n) is 2.38. The molecule has 2 heterocycles. The van der Waals surface area contributed by atoms with Gasteiger partial charge in [-0.15, -0.1) is 21.5 Å². The number of aromatic nitrogens is 4. The Labute approximate surface area is 78.0 Å². The van der Waals surface area contributed by atoms with Crippen LogP contribution in [-0.4, -0.2) is 26.9 Å². The van der Waals surface area contributed by atoms with E-state index in [0.717, 1.165) is 4.88 Å². The van der Waals surface area contributed by atoms with Crippen molar-refractivity contribution in [2.75, 3.05) is 6.67 Å². The van der Waals surface area contributed by atoms with Crippen LogP contribution in [0, 0.1) is 0 Å². The van der Waals surface area contributed by atoms with E-state index in [0.29, 0.717) is 5.82 Å². The predicted octanol–water partition coefficient (Wildman–Crippen LogP) is 1.37. The van der Waals surface area contributed by atoms with Gasteiger partial charge in [0.05, 0.1) is 11.4 Å². The molecule has 0 unspecified atom stereocenters. The maximum absolute atomic E-state index is 11.9. The minimum Gasteiger partial charge on any atom is -0.249 e. The van der Waals surface area contributed by atoms with E-state index in [4.69, 9.17) is 0 Å². The lowest BCUT2D eigenvalue weighted by atomic mass is 10.5. The number of alkyl halides is 1. The van der Waals surface area contributed by atoms with Crippen molar-refractivity contribution >= 4 is 11.3 Å². The van der Waals surface area contributed by atoms with Crippen LogP contribution in [0.2, 0.25) is 0 Å². The molecule has 0 aliphatic heterocycles. The highest BCUT2D eigenvalue weighted by Crippen LogP contribution is 2.19. The normalized spacial score (nSPS) is 10.5. The highest BCUT2D eigenvalue weighted by atomic mass is 32.1. The van der Waals surface area contributed by atoms with Crippen LogP contribution >= 0.6 is 11.3 Å². The third-order valence-electron chi connectivity index (χ3n) is 1.48. The molecule has 0 radical (unpaired) electrons. The first-order valence-corrected chi connectivity index (χ1v) is 4.66. The van der Waals surface area contributed by atoms with E-state index in [2.05, 4.69) is 15.4 Å². The van der Waals surface area contributed by atoms with E-state index in [1.54, 1.807) is 0 Å². The van der Waals surface area contributed by atoms with E-state index in [9.17, 15) is 4.39 Å². The molecule has 0 spiro atoms. The van der Waals surface area contributed by atoms with Crippen molar-refractivity contribution in [3.05, 3.63) is 17.5 Å². The van der Waals surface area contributed by atoms with Crippen molar-refractivity contribution in [1.82, 2.24) is 20.2 Å². The molecule has 2 rings (SSSR count). The van der Waals surface area contributed by atoms with Gasteiger partial charge in [0.1, 0.15) is 6.67 Å². The maximum Gasteiger partial charge on any atom is 0.214 e. The fraction of sp³-hybridized carbons (Fsp3) is 0.286. The van der Waals surface area contributed by atoms with Crippen LogP contribution in [0.15, 0.2) is 17.5 Å². The first-order valence-electron chi connectivity index (χ1n) is 3.78. The van der Waals surface area contributed by atoms with Crippen LogP contribution in [-0.2, 0) is 6.54 Å². The predicted molar refractivity (Wildman–Crippen MR) is 47.1 cm³/mol. The first kappa shape index (κ1) is 8.31. The van der Waals surface area contributed by atoms with Crippen LogP contribution in [0.25, 0.3) is 10.7 Å². The molecular formula is C7H7FN4S. The molecule has 0 bridgehead atoms. The Morgan fingerprint density at radius 3 is 3.15 bits per heavy atom. The van der Waals surface area contributed by atoms with Crippen LogP contribution in [0.5, 0.6) is 0 Å². The Morgan fingerprint density at radius 1 is 1.54 bits per heavy atom. The number of halogens is 1. The lowest BCUT2D eigenvalue weighted by Crippen LogP contribution is -2.03. The van der Waals surface area contributed by atoms with E-state index >= 15 is 0 Å². The van der Waals surface area contributed by atoms with Crippen molar-refractivity contribution < 1.29 is 4.39 Å². The number of rotatable bonds is 3. The number of thiophene rings is 1. The fourth-order valence-corrected chi connectivity index (χ4v) is 1.57. The molecule has 6 heteroatoms. The van der Waals surface area contributed by atoms with Gasteiger partial charge in [-0.25, -0.2) is 4.39 Å². The molecule has 13 heavy (non-hydrogen) atoms. The number of aryl methyl sites for hydroxylation is 1. The molecule has 0 saturated carbocycles. The average molecular weight is 198 g/mol. The van der Waals surface area contributed by atoms with Gasteiger partial charge in [0.25, 0.3) is 0 Å². The summed E-state index contributed by atoms with van der Waals surface area (Å²) in [6.45, 7) is -0.307. The summed E-state index contributed by atoms with van der Waals surface area (Å²) in [7, 11) is 0. The molecule has 4 nitrogen and oxygen atoms in total. The molecule has 0 fully saturated rings. The van der Waals surface area contributed by atoms with Gasteiger partial charge in [0.2, 0.25) is 5.82 Å². The largest absolute Gasteiger partial charge is 0.249 e. The van der Waals surface area contributed by atoms with Gasteiger partial charge in [-0.1, -0.05) is 6.07 Å². The molecule has 0 aliphatic rings. The van der Waals surface area contributed by atoms with Gasteiger partial charge in [-0.2, -0.15) is 4.80 Å². The summed E-state index contributed by atoms with van der Waals surface area (Å²) < 4.78 is 11.9. The quantitative estimate of drug-likeness (QED) is 0.748. The van der Waals surface area contributed by atoms with Gasteiger partial charge < -0.3 is 0 Å². The molecule has 0 N–H and O–H groups in total. The minimum absolute atomic E-state index is 0.165. The number of hydrogen-bond acceptors (Lipinski definition) is 4. The number of tetrazole rings is 1. The summed E-state index contributed by atoms with van der Waals surface area (Å²) in [5, 5.41) is 13.5. The summed E-state index contributed by atoms with van der Waals surface area (Å²) in [5.41, 5.74) is 0.